The van der Waals surface area contributed by atoms with E-state index in [0.29, 0.717) is 16.9 Å². The number of hydrazone groups is 1. The van der Waals surface area contributed by atoms with Crippen LogP contribution in [0.5, 0.6) is 0 Å². The predicted octanol–water partition coefficient (Wildman–Crippen LogP) is 3.43. The smallest absolute Gasteiger partial charge is 0.148 e. The molecule has 0 saturated heterocycles. The molecular formula is C19H14N6. The van der Waals surface area contributed by atoms with Gasteiger partial charge in [-0.05, 0) is 42.3 Å². The van der Waals surface area contributed by atoms with Gasteiger partial charge in [-0.1, -0.05) is 24.3 Å². The number of allylic oxidation sites excluding steroid dienone is 2. The van der Waals surface area contributed by atoms with Crippen LogP contribution in [-0.4, -0.2) is 5.71 Å². The van der Waals surface area contributed by atoms with Crippen LogP contribution in [0, 0.1) is 34.0 Å². The van der Waals surface area contributed by atoms with Crippen molar-refractivity contribution in [2.75, 3.05) is 11.2 Å². The molecule has 2 aromatic rings. The maximum absolute atomic E-state index is 9.15. The molecule has 0 bridgehead atoms. The quantitative estimate of drug-likeness (QED) is 0.386. The van der Waals surface area contributed by atoms with Crippen LogP contribution in [0.1, 0.15) is 18.1 Å². The van der Waals surface area contributed by atoms with Gasteiger partial charge in [-0.2, -0.15) is 20.9 Å². The number of hydrogen-bond donors (Lipinski definition) is 2. The van der Waals surface area contributed by atoms with Gasteiger partial charge in [0, 0.05) is 5.69 Å². The van der Waals surface area contributed by atoms with E-state index in [0.717, 1.165) is 11.3 Å². The summed E-state index contributed by atoms with van der Waals surface area (Å²) in [6, 6.07) is 19.5. The van der Waals surface area contributed by atoms with Crippen molar-refractivity contribution in [1.29, 1.82) is 15.8 Å². The highest BCUT2D eigenvalue weighted by atomic mass is 15.3. The first-order valence-electron chi connectivity index (χ1n) is 7.30. The standard InChI is InChI=1S/C19H14N6/c1-13(14-2-6-17(23)7-3-14)24-25-18-8-4-15(5-9-18)19(12-22)16(10-20)11-21/h2-9,25H,23H2,1H3/b24-13+. The lowest BCUT2D eigenvalue weighted by atomic mass is 10.0. The second kappa shape index (κ2) is 7.97. The maximum atomic E-state index is 9.15. The van der Waals surface area contributed by atoms with Crippen molar-refractivity contribution >= 4 is 22.7 Å². The van der Waals surface area contributed by atoms with E-state index in [1.165, 1.54) is 0 Å². The highest BCUT2D eigenvalue weighted by Crippen LogP contribution is 2.20. The average Bonchev–Trinajstić information content (AvgIpc) is 2.65. The Labute approximate surface area is 145 Å². The molecule has 6 nitrogen and oxygen atoms in total. The van der Waals surface area contributed by atoms with Crippen molar-refractivity contribution in [3.8, 4) is 18.2 Å². The molecule has 0 aliphatic carbocycles. The third-order valence-corrected chi connectivity index (χ3v) is 3.44. The second-order valence-electron chi connectivity index (χ2n) is 5.09. The normalized spacial score (nSPS) is 10.1. The van der Waals surface area contributed by atoms with Crippen LogP contribution >= 0.6 is 0 Å². The topological polar surface area (TPSA) is 122 Å². The summed E-state index contributed by atoms with van der Waals surface area (Å²) < 4.78 is 0. The van der Waals surface area contributed by atoms with Crippen LogP contribution in [-0.2, 0) is 0 Å². The molecule has 2 aromatic carbocycles. The Morgan fingerprint density at radius 2 is 1.44 bits per heavy atom. The second-order valence-corrected chi connectivity index (χ2v) is 5.09. The van der Waals surface area contributed by atoms with E-state index in [1.807, 2.05) is 25.1 Å². The summed E-state index contributed by atoms with van der Waals surface area (Å²) in [7, 11) is 0. The zero-order chi connectivity index (χ0) is 18.2. The molecule has 0 aromatic heterocycles. The summed E-state index contributed by atoms with van der Waals surface area (Å²) >= 11 is 0. The summed E-state index contributed by atoms with van der Waals surface area (Å²) in [5.74, 6) is 0. The fraction of sp³-hybridized carbons (Fsp3) is 0.0526. The van der Waals surface area contributed by atoms with E-state index >= 15 is 0 Å². The van der Waals surface area contributed by atoms with Crippen molar-refractivity contribution in [2.45, 2.75) is 6.92 Å². The first-order chi connectivity index (χ1) is 12.1. The Morgan fingerprint density at radius 3 is 1.96 bits per heavy atom. The fourth-order valence-electron chi connectivity index (χ4n) is 2.05. The Hall–Kier alpha value is -4.08. The number of nitrogens with two attached hydrogens (primary N) is 1. The van der Waals surface area contributed by atoms with Crippen LogP contribution in [0.2, 0.25) is 0 Å². The number of anilines is 2. The lowest BCUT2D eigenvalue weighted by Gasteiger charge is -2.05. The molecule has 0 unspecified atom stereocenters. The predicted molar refractivity (Wildman–Crippen MR) is 96.9 cm³/mol. The van der Waals surface area contributed by atoms with Gasteiger partial charge < -0.3 is 5.73 Å². The SMILES string of the molecule is C/C(=N\Nc1ccc(C(C#N)=C(C#N)C#N)cc1)c1ccc(N)cc1. The van der Waals surface area contributed by atoms with Gasteiger partial charge in [-0.15, -0.1) is 0 Å². The molecule has 6 heteroatoms. The monoisotopic (exact) mass is 326 g/mol. The van der Waals surface area contributed by atoms with E-state index in [2.05, 4.69) is 10.5 Å². The molecule has 2 rings (SSSR count). The average molecular weight is 326 g/mol. The summed E-state index contributed by atoms with van der Waals surface area (Å²) in [6.45, 7) is 1.87. The van der Waals surface area contributed by atoms with Crippen LogP contribution in [0.3, 0.4) is 0 Å². The van der Waals surface area contributed by atoms with Gasteiger partial charge in [0.25, 0.3) is 0 Å². The maximum Gasteiger partial charge on any atom is 0.148 e. The molecule has 0 heterocycles. The highest BCUT2D eigenvalue weighted by Gasteiger charge is 2.08. The van der Waals surface area contributed by atoms with Crippen molar-refractivity contribution < 1.29 is 0 Å². The van der Waals surface area contributed by atoms with Gasteiger partial charge in [0.1, 0.15) is 23.8 Å². The van der Waals surface area contributed by atoms with E-state index in [4.69, 9.17) is 21.5 Å². The number of benzene rings is 2. The highest BCUT2D eigenvalue weighted by molar-refractivity contribution is 5.99. The van der Waals surface area contributed by atoms with Crippen molar-refractivity contribution in [1.82, 2.24) is 0 Å². The molecule has 0 atom stereocenters. The van der Waals surface area contributed by atoms with Gasteiger partial charge in [-0.3, -0.25) is 5.43 Å². The summed E-state index contributed by atoms with van der Waals surface area (Å²) in [5, 5.41) is 31.2. The number of nitrogens with zero attached hydrogens (tertiary/aromatic N) is 4. The van der Waals surface area contributed by atoms with Gasteiger partial charge in [0.15, 0.2) is 0 Å². The minimum atomic E-state index is -0.208. The number of nitrogen functional groups attached to an aromatic ring is 1. The van der Waals surface area contributed by atoms with Crippen LogP contribution in [0.15, 0.2) is 59.2 Å². The van der Waals surface area contributed by atoms with Gasteiger partial charge >= 0.3 is 0 Å². The van der Waals surface area contributed by atoms with Gasteiger partial charge in [-0.25, -0.2) is 0 Å². The minimum Gasteiger partial charge on any atom is -0.399 e. The van der Waals surface area contributed by atoms with E-state index in [-0.39, 0.29) is 11.1 Å². The first kappa shape index (κ1) is 17.3. The van der Waals surface area contributed by atoms with Crippen molar-refractivity contribution in [3.05, 3.63) is 65.2 Å². The Kier molecular flexibility index (Phi) is 5.50. The third-order valence-electron chi connectivity index (χ3n) is 3.44. The van der Waals surface area contributed by atoms with Gasteiger partial charge in [0.2, 0.25) is 0 Å². The molecule has 3 N–H and O–H groups in total. The molecule has 0 saturated carbocycles. The minimum absolute atomic E-state index is 0.0538. The number of nitriles is 3. The van der Waals surface area contributed by atoms with E-state index in [1.54, 1.807) is 48.5 Å². The fourth-order valence-corrected chi connectivity index (χ4v) is 2.05. The molecule has 120 valence electrons. The molecule has 25 heavy (non-hydrogen) atoms. The van der Waals surface area contributed by atoms with Crippen LogP contribution < -0.4 is 11.2 Å². The Morgan fingerprint density at radius 1 is 0.880 bits per heavy atom. The third kappa shape index (κ3) is 4.22. The largest absolute Gasteiger partial charge is 0.399 e. The summed E-state index contributed by atoms with van der Waals surface area (Å²) in [6.07, 6.45) is 0. The molecule has 0 fully saturated rings. The lowest BCUT2D eigenvalue weighted by molar-refractivity contribution is 1.32. The molecule has 0 aliphatic heterocycles. The van der Waals surface area contributed by atoms with E-state index < -0.39 is 0 Å². The zero-order valence-electron chi connectivity index (χ0n) is 13.5. The Balaban J connectivity index is 2.19. The molecule has 0 aliphatic rings. The summed E-state index contributed by atoms with van der Waals surface area (Å²) in [4.78, 5) is 0. The molecule has 0 radical (unpaired) electrons. The van der Waals surface area contributed by atoms with Crippen LogP contribution in [0.25, 0.3) is 5.57 Å². The Bertz CT molecular complexity index is 929. The van der Waals surface area contributed by atoms with Crippen molar-refractivity contribution in [2.24, 2.45) is 5.10 Å². The van der Waals surface area contributed by atoms with Crippen molar-refractivity contribution in [3.63, 3.8) is 0 Å². The molecular weight excluding hydrogens is 312 g/mol. The van der Waals surface area contributed by atoms with Crippen LogP contribution in [0.4, 0.5) is 11.4 Å². The molecule has 0 spiro atoms. The van der Waals surface area contributed by atoms with E-state index in [9.17, 15) is 0 Å². The zero-order valence-corrected chi connectivity index (χ0v) is 13.5. The summed E-state index contributed by atoms with van der Waals surface area (Å²) in [5.41, 5.74) is 12.1. The van der Waals surface area contributed by atoms with Gasteiger partial charge in [0.05, 0.1) is 17.0 Å². The first-order valence-corrected chi connectivity index (χ1v) is 7.30. The molecule has 0 amide bonds. The number of hydrogen-bond acceptors (Lipinski definition) is 6. The number of rotatable bonds is 4. The lowest BCUT2D eigenvalue weighted by Crippen LogP contribution is -2.00. The number of nitrogens with one attached hydrogen (secondary N) is 1.